The molecule has 7 nitrogen and oxygen atoms in total. The lowest BCUT2D eigenvalue weighted by atomic mass is 9.88. The number of nitrogens with zero attached hydrogens (tertiary/aromatic N) is 4. The molecule has 0 saturated carbocycles. The lowest BCUT2D eigenvalue weighted by Gasteiger charge is -2.40. The number of piperidine rings is 1. The summed E-state index contributed by atoms with van der Waals surface area (Å²) < 4.78 is 5.47. The van der Waals surface area contributed by atoms with Crippen molar-refractivity contribution in [1.29, 1.82) is 5.26 Å². The zero-order valence-electron chi connectivity index (χ0n) is 18.2. The molecule has 0 amide bonds. The van der Waals surface area contributed by atoms with Gasteiger partial charge in [0, 0.05) is 18.3 Å². The maximum atomic E-state index is 9.09. The second-order valence-electron chi connectivity index (χ2n) is 7.67. The van der Waals surface area contributed by atoms with Crippen molar-refractivity contribution in [3.8, 4) is 11.8 Å². The summed E-state index contributed by atoms with van der Waals surface area (Å²) in [4.78, 5) is 11.6. The second-order valence-corrected chi connectivity index (χ2v) is 7.67. The van der Waals surface area contributed by atoms with Gasteiger partial charge in [-0.05, 0) is 50.0 Å². The average molecular weight is 409 g/mol. The van der Waals surface area contributed by atoms with Crippen molar-refractivity contribution in [2.75, 3.05) is 37.4 Å². The normalized spacial score (nSPS) is 17.7. The van der Waals surface area contributed by atoms with Crippen LogP contribution in [0.15, 0.2) is 30.5 Å². The quantitative estimate of drug-likeness (QED) is 0.635. The van der Waals surface area contributed by atoms with Crippen LogP contribution in [0.25, 0.3) is 0 Å². The van der Waals surface area contributed by atoms with Gasteiger partial charge in [0.25, 0.3) is 0 Å². The van der Waals surface area contributed by atoms with Gasteiger partial charge in [-0.2, -0.15) is 10.2 Å². The molecule has 1 aliphatic rings. The van der Waals surface area contributed by atoms with Gasteiger partial charge < -0.3 is 20.3 Å². The van der Waals surface area contributed by atoms with Crippen LogP contribution in [0.5, 0.6) is 5.75 Å². The Morgan fingerprint density at radius 1 is 1.33 bits per heavy atom. The molecule has 1 fully saturated rings. The Morgan fingerprint density at radius 3 is 2.93 bits per heavy atom. The molecule has 1 aliphatic heterocycles. The maximum Gasteiger partial charge on any atom is 0.229 e. The van der Waals surface area contributed by atoms with E-state index in [1.165, 1.54) is 25.8 Å². The van der Waals surface area contributed by atoms with Gasteiger partial charge in [0.1, 0.15) is 0 Å². The van der Waals surface area contributed by atoms with Crippen molar-refractivity contribution in [2.24, 2.45) is 5.92 Å². The predicted octanol–water partition coefficient (Wildman–Crippen LogP) is 4.41. The summed E-state index contributed by atoms with van der Waals surface area (Å²) in [6, 6.07) is 10.0. The fraction of sp³-hybridized carbons (Fsp3) is 0.522. The van der Waals surface area contributed by atoms with Gasteiger partial charge in [-0.1, -0.05) is 32.8 Å². The third-order valence-corrected chi connectivity index (χ3v) is 5.89. The van der Waals surface area contributed by atoms with Gasteiger partial charge >= 0.3 is 0 Å². The van der Waals surface area contributed by atoms with Crippen LogP contribution in [0.3, 0.4) is 0 Å². The average Bonchev–Trinajstić information content (AvgIpc) is 2.80. The largest absolute Gasteiger partial charge is 0.491 e. The van der Waals surface area contributed by atoms with Crippen molar-refractivity contribution in [2.45, 2.75) is 45.6 Å². The Morgan fingerprint density at radius 2 is 2.20 bits per heavy atom. The van der Waals surface area contributed by atoms with E-state index in [1.807, 2.05) is 12.1 Å². The second kappa shape index (κ2) is 10.8. The molecule has 0 aliphatic carbocycles. The number of benzene rings is 1. The number of nitrogens with one attached hydrogen (secondary N) is 2. The highest BCUT2D eigenvalue weighted by Crippen LogP contribution is 2.28. The molecule has 1 aromatic carbocycles. The number of nitriles is 1. The third-order valence-electron chi connectivity index (χ3n) is 5.89. The zero-order valence-corrected chi connectivity index (χ0v) is 18.2. The molecule has 7 heteroatoms. The first kappa shape index (κ1) is 21.8. The molecule has 2 heterocycles. The minimum Gasteiger partial charge on any atom is -0.491 e. The lowest BCUT2D eigenvalue weighted by Crippen LogP contribution is -2.45. The Bertz CT molecular complexity index is 865. The number of aromatic nitrogens is 2. The molecule has 1 saturated heterocycles. The van der Waals surface area contributed by atoms with E-state index in [9.17, 15) is 0 Å². The third kappa shape index (κ3) is 5.39. The van der Waals surface area contributed by atoms with Crippen LogP contribution < -0.4 is 15.4 Å². The summed E-state index contributed by atoms with van der Waals surface area (Å²) in [6.45, 7) is 7.67. The van der Waals surface area contributed by atoms with E-state index >= 15 is 0 Å². The van der Waals surface area contributed by atoms with Gasteiger partial charge in [-0.25, -0.2) is 4.98 Å². The molecule has 3 rings (SSSR count). The fourth-order valence-corrected chi connectivity index (χ4v) is 4.23. The van der Waals surface area contributed by atoms with E-state index in [0.29, 0.717) is 35.0 Å². The van der Waals surface area contributed by atoms with Gasteiger partial charge in [-0.15, -0.1) is 0 Å². The maximum absolute atomic E-state index is 9.09. The number of hydrogen-bond donors (Lipinski definition) is 2. The number of ether oxygens (including phenoxy) is 1. The van der Waals surface area contributed by atoms with Crippen molar-refractivity contribution in [3.05, 3.63) is 36.0 Å². The van der Waals surface area contributed by atoms with Crippen LogP contribution >= 0.6 is 0 Å². The first-order valence-electron chi connectivity index (χ1n) is 10.8. The molecule has 2 N–H and O–H groups in total. The minimum atomic E-state index is 0.467. The fourth-order valence-electron chi connectivity index (χ4n) is 4.23. The first-order chi connectivity index (χ1) is 14.7. The van der Waals surface area contributed by atoms with E-state index in [2.05, 4.69) is 45.4 Å². The minimum absolute atomic E-state index is 0.467. The molecule has 2 aromatic rings. The van der Waals surface area contributed by atoms with Gasteiger partial charge in [0.05, 0.1) is 24.9 Å². The summed E-state index contributed by atoms with van der Waals surface area (Å²) >= 11 is 0. The Balaban J connectivity index is 1.72. The molecular weight excluding hydrogens is 376 g/mol. The summed E-state index contributed by atoms with van der Waals surface area (Å²) in [7, 11) is 1.63. The van der Waals surface area contributed by atoms with E-state index in [4.69, 9.17) is 10.00 Å². The highest BCUT2D eigenvalue weighted by atomic mass is 16.5. The van der Waals surface area contributed by atoms with Crippen molar-refractivity contribution in [1.82, 2.24) is 14.9 Å². The van der Waals surface area contributed by atoms with Crippen molar-refractivity contribution >= 4 is 17.5 Å². The zero-order chi connectivity index (χ0) is 21.3. The first-order valence-corrected chi connectivity index (χ1v) is 10.8. The summed E-state index contributed by atoms with van der Waals surface area (Å²) in [5.41, 5.74) is 1.36. The van der Waals surface area contributed by atoms with Crippen LogP contribution in [0.1, 0.15) is 45.1 Å². The molecular formula is C23H32N6O. The number of methoxy groups -OCH3 is 1. The van der Waals surface area contributed by atoms with E-state index < -0.39 is 0 Å². The number of likely N-dealkylation sites (tertiary alicyclic amines) is 1. The van der Waals surface area contributed by atoms with Gasteiger partial charge in [-0.3, -0.25) is 0 Å². The molecule has 0 radical (unpaired) electrons. The molecule has 0 unspecified atom stereocenters. The molecule has 30 heavy (non-hydrogen) atoms. The Kier molecular flexibility index (Phi) is 7.86. The van der Waals surface area contributed by atoms with Crippen LogP contribution in [0, 0.1) is 17.2 Å². The number of rotatable bonds is 9. The Labute approximate surface area is 179 Å². The van der Waals surface area contributed by atoms with E-state index in [-0.39, 0.29) is 0 Å². The smallest absolute Gasteiger partial charge is 0.229 e. The van der Waals surface area contributed by atoms with Crippen molar-refractivity contribution < 1.29 is 4.74 Å². The standard InChI is InChI=1S/C23H32N6O/c1-4-18(20-11-6-7-12-29(20)5-2)15-25-22-21(30-3)16-26-23(28-22)27-19-10-8-9-17(13-19)14-24/h8-10,13,16,18,20H,4-7,11-12,15H2,1-3H3,(H2,25,26,27,28)/t18-,20+/m0/s1. The molecule has 0 bridgehead atoms. The van der Waals surface area contributed by atoms with Crippen LogP contribution in [0.2, 0.25) is 0 Å². The monoisotopic (exact) mass is 408 g/mol. The number of anilines is 3. The summed E-state index contributed by atoms with van der Waals surface area (Å²) in [6.07, 6.45) is 6.66. The predicted molar refractivity (Wildman–Crippen MR) is 120 cm³/mol. The molecule has 2 atom stereocenters. The molecule has 1 aromatic heterocycles. The van der Waals surface area contributed by atoms with Crippen LogP contribution in [-0.4, -0.2) is 47.7 Å². The van der Waals surface area contributed by atoms with Crippen LogP contribution in [0.4, 0.5) is 17.5 Å². The van der Waals surface area contributed by atoms with Crippen LogP contribution in [-0.2, 0) is 0 Å². The van der Waals surface area contributed by atoms with E-state index in [1.54, 1.807) is 25.4 Å². The van der Waals surface area contributed by atoms with Crippen molar-refractivity contribution in [3.63, 3.8) is 0 Å². The summed E-state index contributed by atoms with van der Waals surface area (Å²) in [5.74, 6) is 2.32. The SMILES string of the molecule is CC[C@@H](CNc1nc(Nc2cccc(C#N)c2)ncc1OC)[C@H]1CCCCN1CC. The summed E-state index contributed by atoms with van der Waals surface area (Å²) in [5, 5.41) is 15.8. The van der Waals surface area contributed by atoms with E-state index in [0.717, 1.165) is 25.2 Å². The highest BCUT2D eigenvalue weighted by molar-refractivity contribution is 5.59. The highest BCUT2D eigenvalue weighted by Gasteiger charge is 2.28. The molecule has 0 spiro atoms. The molecule has 160 valence electrons. The van der Waals surface area contributed by atoms with Gasteiger partial charge in [0.2, 0.25) is 5.95 Å². The Hall–Kier alpha value is -2.85. The topological polar surface area (TPSA) is 86.1 Å². The number of hydrogen-bond acceptors (Lipinski definition) is 7. The lowest BCUT2D eigenvalue weighted by molar-refractivity contribution is 0.108. The van der Waals surface area contributed by atoms with Gasteiger partial charge in [0.15, 0.2) is 11.6 Å².